The van der Waals surface area contributed by atoms with E-state index in [0.717, 1.165) is 42.3 Å². The first-order valence-electron chi connectivity index (χ1n) is 10.9. The van der Waals surface area contributed by atoms with E-state index >= 15 is 0 Å². The second-order valence-corrected chi connectivity index (χ2v) is 8.02. The van der Waals surface area contributed by atoms with E-state index in [-0.39, 0.29) is 12.1 Å². The Morgan fingerprint density at radius 3 is 2.62 bits per heavy atom. The highest BCUT2D eigenvalue weighted by molar-refractivity contribution is 5.83. The lowest BCUT2D eigenvalue weighted by Gasteiger charge is -2.39. The summed E-state index contributed by atoms with van der Waals surface area (Å²) in [4.78, 5) is 30.2. The zero-order valence-corrected chi connectivity index (χ0v) is 18.3. The molecule has 2 saturated heterocycles. The fraction of sp³-hybridized carbons (Fsp3) is 0.455. The molecule has 0 aliphatic carbocycles. The lowest BCUT2D eigenvalue weighted by Crippen LogP contribution is -2.49. The summed E-state index contributed by atoms with van der Waals surface area (Å²) in [5.41, 5.74) is 1.58. The Bertz CT molecular complexity index is 1110. The van der Waals surface area contributed by atoms with Crippen LogP contribution in [-0.2, 0) is 14.3 Å². The fourth-order valence-electron chi connectivity index (χ4n) is 4.25. The molecule has 2 aliphatic rings. The van der Waals surface area contributed by atoms with Crippen LogP contribution < -0.4 is 15.1 Å². The molecule has 2 atom stereocenters. The number of carbonyl (C=O) groups is 1. The van der Waals surface area contributed by atoms with Gasteiger partial charge in [-0.1, -0.05) is 12.1 Å². The Morgan fingerprint density at radius 1 is 1.03 bits per heavy atom. The highest BCUT2D eigenvalue weighted by Crippen LogP contribution is 2.29. The molecule has 0 bridgehead atoms. The van der Waals surface area contributed by atoms with Crippen LogP contribution in [0.4, 0.5) is 17.6 Å². The molecule has 3 aromatic rings. The van der Waals surface area contributed by atoms with Crippen molar-refractivity contribution in [3.63, 3.8) is 0 Å². The number of amides is 1. The Hall–Kier alpha value is -3.24. The number of anilines is 3. The number of morpholine rings is 2. The van der Waals surface area contributed by atoms with Crippen molar-refractivity contribution in [1.82, 2.24) is 19.5 Å². The minimum atomic E-state index is 0.0929. The minimum Gasteiger partial charge on any atom is -0.378 e. The molecule has 10 heteroatoms. The number of aromatic nitrogens is 4. The van der Waals surface area contributed by atoms with Gasteiger partial charge in [0.25, 0.3) is 0 Å². The summed E-state index contributed by atoms with van der Waals surface area (Å²) in [5.74, 6) is 2.51. The van der Waals surface area contributed by atoms with Gasteiger partial charge in [0.2, 0.25) is 18.3 Å². The summed E-state index contributed by atoms with van der Waals surface area (Å²) in [5, 5.41) is 2.70. The Labute approximate surface area is 186 Å². The molecule has 0 spiro atoms. The van der Waals surface area contributed by atoms with E-state index in [0.29, 0.717) is 38.1 Å². The van der Waals surface area contributed by atoms with Crippen molar-refractivity contribution in [2.75, 3.05) is 54.6 Å². The monoisotopic (exact) mass is 437 g/mol. The number of carbonyl (C=O) groups excluding carboxylic acids is 1. The van der Waals surface area contributed by atoms with Gasteiger partial charge in [0.1, 0.15) is 11.6 Å². The number of benzene rings is 1. The lowest BCUT2D eigenvalue weighted by molar-refractivity contribution is -0.105. The smallest absolute Gasteiger partial charge is 0.241 e. The fourth-order valence-corrected chi connectivity index (χ4v) is 4.25. The molecule has 4 heterocycles. The van der Waals surface area contributed by atoms with Crippen molar-refractivity contribution in [3.05, 3.63) is 30.3 Å². The second kappa shape index (κ2) is 8.71. The van der Waals surface area contributed by atoms with Crippen LogP contribution in [0, 0.1) is 0 Å². The van der Waals surface area contributed by atoms with Crippen molar-refractivity contribution in [2.24, 2.45) is 0 Å². The van der Waals surface area contributed by atoms with Crippen LogP contribution >= 0.6 is 0 Å². The Balaban J connectivity index is 1.67. The highest BCUT2D eigenvalue weighted by atomic mass is 16.5. The second-order valence-electron chi connectivity index (χ2n) is 8.02. The predicted octanol–water partition coefficient (Wildman–Crippen LogP) is 1.83. The molecule has 2 aromatic heterocycles. The molecule has 1 amide bonds. The van der Waals surface area contributed by atoms with Crippen molar-refractivity contribution < 1.29 is 14.3 Å². The van der Waals surface area contributed by atoms with Gasteiger partial charge >= 0.3 is 0 Å². The minimum absolute atomic E-state index is 0.0929. The van der Waals surface area contributed by atoms with Crippen molar-refractivity contribution in [3.8, 4) is 5.95 Å². The number of para-hydroxylation sites is 2. The molecular formula is C22H27N7O3. The quantitative estimate of drug-likeness (QED) is 0.604. The van der Waals surface area contributed by atoms with Gasteiger partial charge in [-0.2, -0.15) is 9.97 Å². The zero-order valence-electron chi connectivity index (χ0n) is 18.3. The molecular weight excluding hydrogens is 410 g/mol. The predicted molar refractivity (Wildman–Crippen MR) is 122 cm³/mol. The SMILES string of the molecule is C[C@@H]1OCCN(c2cc(N3CCOCC3)nc(-n3c(NC=O)nc4ccccc43)n2)[C@H]1C. The molecule has 1 aromatic carbocycles. The van der Waals surface area contributed by atoms with Crippen LogP contribution in [0.3, 0.4) is 0 Å². The van der Waals surface area contributed by atoms with Crippen molar-refractivity contribution >= 4 is 35.0 Å². The zero-order chi connectivity index (χ0) is 22.1. The first-order chi connectivity index (χ1) is 15.7. The van der Waals surface area contributed by atoms with Crippen LogP contribution in [0.15, 0.2) is 30.3 Å². The molecule has 5 rings (SSSR count). The lowest BCUT2D eigenvalue weighted by atomic mass is 10.1. The molecule has 2 aliphatic heterocycles. The van der Waals surface area contributed by atoms with E-state index in [1.54, 1.807) is 4.57 Å². The number of imidazole rings is 1. The molecule has 32 heavy (non-hydrogen) atoms. The van der Waals surface area contributed by atoms with Gasteiger partial charge in [-0.05, 0) is 26.0 Å². The van der Waals surface area contributed by atoms with Crippen LogP contribution in [-0.4, -0.2) is 77.5 Å². The van der Waals surface area contributed by atoms with E-state index in [9.17, 15) is 4.79 Å². The molecule has 168 valence electrons. The topological polar surface area (TPSA) is 97.6 Å². The largest absolute Gasteiger partial charge is 0.378 e. The van der Waals surface area contributed by atoms with Crippen LogP contribution in [0.5, 0.6) is 0 Å². The Kier molecular flexibility index (Phi) is 5.62. The normalized spacial score (nSPS) is 21.7. The summed E-state index contributed by atoms with van der Waals surface area (Å²) in [6.45, 7) is 8.45. The molecule has 0 unspecified atom stereocenters. The summed E-state index contributed by atoms with van der Waals surface area (Å²) in [7, 11) is 0. The number of nitrogens with one attached hydrogen (secondary N) is 1. The highest BCUT2D eigenvalue weighted by Gasteiger charge is 2.28. The first kappa shape index (κ1) is 20.7. The third kappa shape index (κ3) is 3.76. The summed E-state index contributed by atoms with van der Waals surface area (Å²) in [6.07, 6.45) is 0.714. The van der Waals surface area contributed by atoms with Gasteiger partial charge in [-0.25, -0.2) is 9.55 Å². The summed E-state index contributed by atoms with van der Waals surface area (Å²) >= 11 is 0. The van der Waals surface area contributed by atoms with Gasteiger partial charge in [0, 0.05) is 25.7 Å². The number of hydrogen-bond donors (Lipinski definition) is 1. The number of nitrogens with zero attached hydrogens (tertiary/aromatic N) is 6. The van der Waals surface area contributed by atoms with E-state index < -0.39 is 0 Å². The standard InChI is InChI=1S/C22H27N7O3/c1-15-16(2)32-12-9-28(15)20-13-19(27-7-10-31-11-8-27)25-22(26-20)29-18-6-4-3-5-17(18)24-21(29)23-14-30/h3-6,13-16H,7-12H2,1-2H3,(H,23,24,30)/t15-,16-/m0/s1. The molecule has 1 N–H and O–H groups in total. The number of ether oxygens (including phenoxy) is 2. The summed E-state index contributed by atoms with van der Waals surface area (Å²) < 4.78 is 13.2. The molecule has 10 nitrogen and oxygen atoms in total. The van der Waals surface area contributed by atoms with Crippen molar-refractivity contribution in [2.45, 2.75) is 26.0 Å². The van der Waals surface area contributed by atoms with Gasteiger partial charge < -0.3 is 19.3 Å². The maximum atomic E-state index is 11.3. The third-order valence-electron chi connectivity index (χ3n) is 6.15. The number of rotatable bonds is 5. The van der Waals surface area contributed by atoms with E-state index in [2.05, 4.69) is 33.9 Å². The van der Waals surface area contributed by atoms with Crippen molar-refractivity contribution in [1.29, 1.82) is 0 Å². The number of fused-ring (bicyclic) bond motifs is 1. The number of hydrogen-bond acceptors (Lipinski definition) is 8. The average Bonchev–Trinajstić information content (AvgIpc) is 3.19. The van der Waals surface area contributed by atoms with E-state index in [1.807, 2.05) is 30.3 Å². The molecule has 2 fully saturated rings. The van der Waals surface area contributed by atoms with Gasteiger partial charge in [0.05, 0.1) is 43.0 Å². The van der Waals surface area contributed by atoms with Crippen LogP contribution in [0.1, 0.15) is 13.8 Å². The Morgan fingerprint density at radius 2 is 1.81 bits per heavy atom. The summed E-state index contributed by atoms with van der Waals surface area (Å²) in [6, 6.07) is 9.90. The van der Waals surface area contributed by atoms with Gasteiger partial charge in [0.15, 0.2) is 0 Å². The maximum Gasteiger partial charge on any atom is 0.241 e. The van der Waals surface area contributed by atoms with E-state index in [4.69, 9.17) is 19.4 Å². The van der Waals surface area contributed by atoms with Crippen LogP contribution in [0.2, 0.25) is 0 Å². The molecule has 0 saturated carbocycles. The van der Waals surface area contributed by atoms with Crippen LogP contribution in [0.25, 0.3) is 17.0 Å². The molecule has 0 radical (unpaired) electrons. The third-order valence-corrected chi connectivity index (χ3v) is 6.15. The van der Waals surface area contributed by atoms with Gasteiger partial charge in [-0.15, -0.1) is 0 Å². The van der Waals surface area contributed by atoms with E-state index in [1.165, 1.54) is 0 Å². The van der Waals surface area contributed by atoms with Gasteiger partial charge in [-0.3, -0.25) is 10.1 Å². The maximum absolute atomic E-state index is 11.3. The first-order valence-corrected chi connectivity index (χ1v) is 10.9. The average molecular weight is 438 g/mol.